The molecule has 0 aliphatic heterocycles. The highest BCUT2D eigenvalue weighted by atomic mass is 32.2. The molecule has 0 amide bonds. The molecule has 1 unspecified atom stereocenters. The fraction of sp³-hybridized carbons (Fsp3) is 0.700. The van der Waals surface area contributed by atoms with Gasteiger partial charge in [-0.3, -0.25) is 4.68 Å². The number of nitrogens with two attached hydrogens (primary N) is 1. The molecular weight excluding hydrogens is 210 g/mol. The van der Waals surface area contributed by atoms with E-state index < -0.39 is 0 Å². The van der Waals surface area contributed by atoms with Crippen molar-refractivity contribution < 1.29 is 5.11 Å². The van der Waals surface area contributed by atoms with Crippen molar-refractivity contribution in [2.45, 2.75) is 44.0 Å². The average molecular weight is 229 g/mol. The lowest BCUT2D eigenvalue weighted by molar-refractivity contribution is 0.289. The zero-order valence-electron chi connectivity index (χ0n) is 9.53. The van der Waals surface area contributed by atoms with Gasteiger partial charge in [-0.1, -0.05) is 6.92 Å². The summed E-state index contributed by atoms with van der Waals surface area (Å²) in [4.78, 5) is 0. The van der Waals surface area contributed by atoms with E-state index in [0.29, 0.717) is 5.25 Å². The molecule has 0 aromatic carbocycles. The number of hydrogen-bond donors (Lipinski definition) is 2. The number of rotatable bonds is 5. The summed E-state index contributed by atoms with van der Waals surface area (Å²) < 4.78 is 1.92. The molecule has 0 saturated carbocycles. The van der Waals surface area contributed by atoms with E-state index in [-0.39, 0.29) is 6.61 Å². The van der Waals surface area contributed by atoms with Crippen molar-refractivity contribution in [3.8, 4) is 0 Å². The smallest absolute Gasteiger partial charge is 0.118 e. The molecule has 0 radical (unpaired) electrons. The summed E-state index contributed by atoms with van der Waals surface area (Å²) in [7, 11) is 0. The van der Waals surface area contributed by atoms with Crippen LogP contribution in [0.5, 0.6) is 0 Å². The highest BCUT2D eigenvalue weighted by Crippen LogP contribution is 2.31. The van der Waals surface area contributed by atoms with Crippen LogP contribution in [0.1, 0.15) is 26.0 Å². The van der Waals surface area contributed by atoms with Crippen molar-refractivity contribution in [2.24, 2.45) is 0 Å². The van der Waals surface area contributed by atoms with E-state index in [9.17, 15) is 0 Å². The van der Waals surface area contributed by atoms with Crippen LogP contribution in [0.3, 0.4) is 0 Å². The fourth-order valence-electron chi connectivity index (χ4n) is 1.34. The van der Waals surface area contributed by atoms with Gasteiger partial charge in [-0.15, -0.1) is 11.8 Å². The molecule has 1 atom stereocenters. The highest BCUT2D eigenvalue weighted by molar-refractivity contribution is 8.00. The number of thioether (sulfide) groups is 1. The van der Waals surface area contributed by atoms with Crippen LogP contribution in [0, 0.1) is 6.92 Å². The van der Waals surface area contributed by atoms with E-state index in [1.807, 2.05) is 18.5 Å². The maximum absolute atomic E-state index is 8.85. The Morgan fingerprint density at radius 1 is 1.60 bits per heavy atom. The predicted octanol–water partition coefficient (Wildman–Crippen LogP) is 1.66. The Kier molecular flexibility index (Phi) is 4.47. The van der Waals surface area contributed by atoms with Gasteiger partial charge in [0.2, 0.25) is 0 Å². The van der Waals surface area contributed by atoms with Gasteiger partial charge in [0.25, 0.3) is 0 Å². The van der Waals surface area contributed by atoms with E-state index in [1.54, 1.807) is 11.8 Å². The lowest BCUT2D eigenvalue weighted by atomic mass is 10.3. The van der Waals surface area contributed by atoms with Crippen LogP contribution >= 0.6 is 11.8 Å². The number of nitrogens with zero attached hydrogens (tertiary/aromatic N) is 2. The molecule has 1 rings (SSSR count). The fourth-order valence-corrected chi connectivity index (χ4v) is 2.51. The molecular formula is C10H19N3OS. The van der Waals surface area contributed by atoms with E-state index in [4.69, 9.17) is 10.8 Å². The van der Waals surface area contributed by atoms with E-state index in [2.05, 4.69) is 12.0 Å². The molecule has 1 heterocycles. The van der Waals surface area contributed by atoms with Gasteiger partial charge in [0.15, 0.2) is 0 Å². The third-order valence-corrected chi connectivity index (χ3v) is 3.57. The first-order chi connectivity index (χ1) is 7.10. The molecule has 15 heavy (non-hydrogen) atoms. The SMILES string of the molecule is CCn1nc(C)c(N)c1SC(C)CCO. The standard InChI is InChI=1S/C10H19N3OS/c1-4-13-10(9(11)8(3)12-13)15-7(2)5-6-14/h7,14H,4-6,11H2,1-3H3. The van der Waals surface area contributed by atoms with E-state index in [1.165, 1.54) is 0 Å². The van der Waals surface area contributed by atoms with E-state index in [0.717, 1.165) is 29.4 Å². The van der Waals surface area contributed by atoms with Crippen molar-refractivity contribution >= 4 is 17.4 Å². The van der Waals surface area contributed by atoms with Crippen molar-refractivity contribution in [2.75, 3.05) is 12.3 Å². The van der Waals surface area contributed by atoms with Crippen LogP contribution in [-0.4, -0.2) is 26.7 Å². The van der Waals surface area contributed by atoms with Gasteiger partial charge >= 0.3 is 0 Å². The quantitative estimate of drug-likeness (QED) is 0.754. The molecule has 1 aromatic heterocycles. The Hall–Kier alpha value is -0.680. The first-order valence-corrected chi connectivity index (χ1v) is 6.08. The third kappa shape index (κ3) is 2.89. The molecule has 0 bridgehead atoms. The average Bonchev–Trinajstić information content (AvgIpc) is 2.46. The number of nitrogen functional groups attached to an aromatic ring is 1. The molecule has 1 aromatic rings. The molecule has 3 N–H and O–H groups in total. The van der Waals surface area contributed by atoms with Crippen molar-refractivity contribution in [1.29, 1.82) is 0 Å². The lowest BCUT2D eigenvalue weighted by Gasteiger charge is -2.11. The monoisotopic (exact) mass is 229 g/mol. The molecule has 86 valence electrons. The number of aromatic nitrogens is 2. The number of aliphatic hydroxyl groups is 1. The minimum atomic E-state index is 0.216. The Balaban J connectivity index is 2.82. The Bertz CT molecular complexity index is 325. The van der Waals surface area contributed by atoms with Crippen LogP contribution in [0.2, 0.25) is 0 Å². The van der Waals surface area contributed by atoms with Crippen LogP contribution in [-0.2, 0) is 6.54 Å². The first-order valence-electron chi connectivity index (χ1n) is 5.20. The minimum Gasteiger partial charge on any atom is -0.396 e. The second-order valence-corrected chi connectivity index (χ2v) is 4.99. The Morgan fingerprint density at radius 3 is 2.80 bits per heavy atom. The van der Waals surface area contributed by atoms with Crippen LogP contribution < -0.4 is 5.73 Å². The third-order valence-electron chi connectivity index (χ3n) is 2.27. The van der Waals surface area contributed by atoms with Crippen LogP contribution in [0.4, 0.5) is 5.69 Å². The number of hydrogen-bond acceptors (Lipinski definition) is 4. The predicted molar refractivity (Wildman–Crippen MR) is 64.1 cm³/mol. The largest absolute Gasteiger partial charge is 0.396 e. The number of aryl methyl sites for hydroxylation is 2. The normalized spacial score (nSPS) is 13.1. The van der Waals surface area contributed by atoms with Crippen molar-refractivity contribution in [1.82, 2.24) is 9.78 Å². The maximum atomic E-state index is 8.85. The summed E-state index contributed by atoms with van der Waals surface area (Å²) in [6.45, 7) is 7.09. The minimum absolute atomic E-state index is 0.216. The molecule has 0 spiro atoms. The van der Waals surface area contributed by atoms with Gasteiger partial charge in [-0.05, 0) is 20.3 Å². The molecule has 0 aliphatic rings. The Morgan fingerprint density at radius 2 is 2.27 bits per heavy atom. The van der Waals surface area contributed by atoms with Gasteiger partial charge in [-0.2, -0.15) is 5.10 Å². The van der Waals surface area contributed by atoms with Crippen molar-refractivity contribution in [3.05, 3.63) is 5.69 Å². The first kappa shape index (κ1) is 12.4. The second kappa shape index (κ2) is 5.42. The van der Waals surface area contributed by atoms with Gasteiger partial charge in [0.05, 0.1) is 11.4 Å². The van der Waals surface area contributed by atoms with Crippen LogP contribution in [0.25, 0.3) is 0 Å². The summed E-state index contributed by atoms with van der Waals surface area (Å²) in [5.74, 6) is 0. The summed E-state index contributed by atoms with van der Waals surface area (Å²) >= 11 is 1.68. The summed E-state index contributed by atoms with van der Waals surface area (Å²) in [5.41, 5.74) is 7.61. The molecule has 0 aliphatic carbocycles. The molecule has 0 fully saturated rings. The van der Waals surface area contributed by atoms with Gasteiger partial charge in [0, 0.05) is 18.4 Å². The highest BCUT2D eigenvalue weighted by Gasteiger charge is 2.14. The van der Waals surface area contributed by atoms with Crippen LogP contribution in [0.15, 0.2) is 5.03 Å². The maximum Gasteiger partial charge on any atom is 0.118 e. The second-order valence-electron chi connectivity index (χ2n) is 3.56. The zero-order chi connectivity index (χ0) is 11.4. The summed E-state index contributed by atoms with van der Waals surface area (Å²) in [6.07, 6.45) is 0.776. The number of aliphatic hydroxyl groups excluding tert-OH is 1. The summed E-state index contributed by atoms with van der Waals surface area (Å²) in [5, 5.41) is 14.6. The topological polar surface area (TPSA) is 64.1 Å². The number of anilines is 1. The van der Waals surface area contributed by atoms with E-state index >= 15 is 0 Å². The van der Waals surface area contributed by atoms with Gasteiger partial charge in [0.1, 0.15) is 5.03 Å². The Labute approximate surface area is 94.9 Å². The zero-order valence-corrected chi connectivity index (χ0v) is 10.3. The van der Waals surface area contributed by atoms with Gasteiger partial charge in [-0.25, -0.2) is 0 Å². The lowest BCUT2D eigenvalue weighted by Crippen LogP contribution is -2.05. The van der Waals surface area contributed by atoms with Crippen molar-refractivity contribution in [3.63, 3.8) is 0 Å². The molecule has 5 heteroatoms. The molecule has 4 nitrogen and oxygen atoms in total. The molecule has 0 saturated heterocycles. The summed E-state index contributed by atoms with van der Waals surface area (Å²) in [6, 6.07) is 0. The van der Waals surface area contributed by atoms with Gasteiger partial charge < -0.3 is 10.8 Å².